The number of hydrogen-bond donors (Lipinski definition) is 0. The van der Waals surface area contributed by atoms with Gasteiger partial charge in [0.2, 0.25) is 0 Å². The van der Waals surface area contributed by atoms with Crippen LogP contribution in [0, 0.1) is 0 Å². The topological polar surface area (TPSA) is 16.1 Å². The molecule has 0 atom stereocenters. The zero-order valence-electron chi connectivity index (χ0n) is 22.8. The number of nitrogens with zero attached hydrogens (tertiary/aromatic N) is 2. The molecule has 8 aromatic rings. The molecule has 0 aliphatic rings. The summed E-state index contributed by atoms with van der Waals surface area (Å²) in [5.41, 5.74) is 8.22. The van der Waals surface area contributed by atoms with E-state index in [1.807, 2.05) is 6.20 Å². The van der Waals surface area contributed by atoms with E-state index in [9.17, 15) is 0 Å². The third-order valence-electron chi connectivity index (χ3n) is 7.92. The second-order valence-corrected chi connectivity index (χ2v) is 11.5. The van der Waals surface area contributed by atoms with Gasteiger partial charge in [-0.25, -0.2) is 4.98 Å². The summed E-state index contributed by atoms with van der Waals surface area (Å²) in [6, 6.07) is 54.3. The van der Waals surface area contributed by atoms with Crippen LogP contribution in [-0.4, -0.2) is 4.98 Å². The number of pyridine rings is 1. The second-order valence-electron chi connectivity index (χ2n) is 10.5. The molecule has 0 aliphatic carbocycles. The molecule has 0 spiro atoms. The van der Waals surface area contributed by atoms with Crippen molar-refractivity contribution >= 4 is 59.5 Å². The summed E-state index contributed by atoms with van der Waals surface area (Å²) in [5.74, 6) is 0. The van der Waals surface area contributed by atoms with Gasteiger partial charge in [-0.2, -0.15) is 0 Å². The van der Waals surface area contributed by atoms with Gasteiger partial charge in [0, 0.05) is 33.0 Å². The highest BCUT2D eigenvalue weighted by Crippen LogP contribution is 2.44. The molecule has 3 heteroatoms. The minimum absolute atomic E-state index is 1.05. The molecule has 0 saturated heterocycles. The Morgan fingerprint density at radius 3 is 1.86 bits per heavy atom. The van der Waals surface area contributed by atoms with Gasteiger partial charge in [0.25, 0.3) is 0 Å². The molecule has 0 amide bonds. The Morgan fingerprint density at radius 2 is 1.07 bits per heavy atom. The molecule has 0 N–H and O–H groups in total. The summed E-state index contributed by atoms with van der Waals surface area (Å²) in [6.45, 7) is 0. The smallest absolute Gasteiger partial charge is 0.126 e. The van der Waals surface area contributed by atoms with E-state index < -0.39 is 0 Å². The Hall–Kier alpha value is -5.25. The first-order valence-electron chi connectivity index (χ1n) is 14.1. The molecule has 0 radical (unpaired) electrons. The lowest BCUT2D eigenvalue weighted by Gasteiger charge is -2.27. The van der Waals surface area contributed by atoms with Crippen LogP contribution in [0.4, 0.5) is 17.1 Å². The van der Waals surface area contributed by atoms with Crippen molar-refractivity contribution in [2.24, 2.45) is 0 Å². The first-order valence-corrected chi connectivity index (χ1v) is 14.9. The maximum atomic E-state index is 4.78. The number of benzene rings is 6. The number of hydrogen-bond acceptors (Lipinski definition) is 3. The summed E-state index contributed by atoms with van der Waals surface area (Å²) in [4.78, 5) is 8.21. The molecule has 198 valence electrons. The fraction of sp³-hybridized carbons (Fsp3) is 0. The van der Waals surface area contributed by atoms with E-state index in [2.05, 4.69) is 157 Å². The standard InChI is InChI=1S/C39H26N2S/c1-3-9-27(10-4-1)29-17-20-33(21-18-29)41(36-23-24-40-39-38(36)35-13-7-8-14-37(35)42-39)34-22-19-31-25-30(15-16-32(31)26-34)28-11-5-2-6-12-28/h1-26H. The minimum Gasteiger partial charge on any atom is -0.310 e. The molecule has 2 heterocycles. The Morgan fingerprint density at radius 1 is 0.476 bits per heavy atom. The number of rotatable bonds is 5. The zero-order valence-corrected chi connectivity index (χ0v) is 23.6. The van der Waals surface area contributed by atoms with Crippen molar-refractivity contribution in [3.8, 4) is 22.3 Å². The minimum atomic E-state index is 1.05. The fourth-order valence-corrected chi connectivity index (χ4v) is 6.92. The Bertz CT molecular complexity index is 2180. The molecule has 2 aromatic heterocycles. The van der Waals surface area contributed by atoms with Crippen molar-refractivity contribution in [1.29, 1.82) is 0 Å². The van der Waals surface area contributed by atoms with Crippen LogP contribution < -0.4 is 4.90 Å². The van der Waals surface area contributed by atoms with Crippen molar-refractivity contribution in [1.82, 2.24) is 4.98 Å². The zero-order chi connectivity index (χ0) is 27.9. The van der Waals surface area contributed by atoms with Crippen LogP contribution in [0.2, 0.25) is 0 Å². The third kappa shape index (κ3) is 4.32. The van der Waals surface area contributed by atoms with Crippen molar-refractivity contribution in [2.75, 3.05) is 4.90 Å². The van der Waals surface area contributed by atoms with Crippen LogP contribution in [0.3, 0.4) is 0 Å². The van der Waals surface area contributed by atoms with Gasteiger partial charge in [-0.15, -0.1) is 11.3 Å². The molecule has 0 unspecified atom stereocenters. The maximum Gasteiger partial charge on any atom is 0.126 e. The van der Waals surface area contributed by atoms with Crippen molar-refractivity contribution in [2.45, 2.75) is 0 Å². The van der Waals surface area contributed by atoms with Crippen LogP contribution in [0.15, 0.2) is 158 Å². The monoisotopic (exact) mass is 554 g/mol. The third-order valence-corrected chi connectivity index (χ3v) is 9.00. The molecular formula is C39H26N2S. The number of aromatic nitrogens is 1. The Balaban J connectivity index is 1.31. The normalized spacial score (nSPS) is 11.3. The van der Waals surface area contributed by atoms with Crippen molar-refractivity contribution < 1.29 is 0 Å². The summed E-state index contributed by atoms with van der Waals surface area (Å²) in [6.07, 6.45) is 1.94. The Labute approximate surface area is 248 Å². The summed E-state index contributed by atoms with van der Waals surface area (Å²) < 4.78 is 1.25. The molecule has 0 fully saturated rings. The van der Waals surface area contributed by atoms with E-state index in [-0.39, 0.29) is 0 Å². The number of thiophene rings is 1. The van der Waals surface area contributed by atoms with Gasteiger partial charge in [-0.3, -0.25) is 0 Å². The maximum absolute atomic E-state index is 4.78. The van der Waals surface area contributed by atoms with Gasteiger partial charge in [0.05, 0.1) is 5.69 Å². The van der Waals surface area contributed by atoms with Gasteiger partial charge in [0.15, 0.2) is 0 Å². The van der Waals surface area contributed by atoms with E-state index in [1.54, 1.807) is 11.3 Å². The van der Waals surface area contributed by atoms with Crippen LogP contribution in [0.5, 0.6) is 0 Å². The largest absolute Gasteiger partial charge is 0.310 e. The molecule has 0 saturated carbocycles. The fourth-order valence-electron chi connectivity index (χ4n) is 5.86. The van der Waals surface area contributed by atoms with Gasteiger partial charge in [-0.1, -0.05) is 109 Å². The van der Waals surface area contributed by atoms with Crippen LogP contribution in [0.25, 0.3) is 53.3 Å². The molecule has 42 heavy (non-hydrogen) atoms. The first kappa shape index (κ1) is 24.5. The van der Waals surface area contributed by atoms with E-state index in [1.165, 1.54) is 48.5 Å². The SMILES string of the molecule is c1ccc(-c2ccc(N(c3ccc4cc(-c5ccccc5)ccc4c3)c3ccnc4sc5ccccc5c34)cc2)cc1. The lowest BCUT2D eigenvalue weighted by molar-refractivity contribution is 1.29. The predicted molar refractivity (Wildman–Crippen MR) is 180 cm³/mol. The van der Waals surface area contributed by atoms with Crippen molar-refractivity contribution in [3.63, 3.8) is 0 Å². The highest BCUT2D eigenvalue weighted by Gasteiger charge is 2.19. The molecule has 0 bridgehead atoms. The van der Waals surface area contributed by atoms with E-state index in [4.69, 9.17) is 4.98 Å². The highest BCUT2D eigenvalue weighted by atomic mass is 32.1. The Kier molecular flexibility index (Phi) is 6.02. The molecule has 0 aliphatic heterocycles. The molecule has 8 rings (SSSR count). The molecular weight excluding hydrogens is 529 g/mol. The van der Waals surface area contributed by atoms with Gasteiger partial charge in [0.1, 0.15) is 4.83 Å². The quantitative estimate of drug-likeness (QED) is 0.210. The lowest BCUT2D eigenvalue weighted by Crippen LogP contribution is -2.10. The number of fused-ring (bicyclic) bond motifs is 4. The molecule has 2 nitrogen and oxygen atoms in total. The van der Waals surface area contributed by atoms with Crippen LogP contribution >= 0.6 is 11.3 Å². The summed E-state index contributed by atoms with van der Waals surface area (Å²) in [5, 5.41) is 4.85. The van der Waals surface area contributed by atoms with Gasteiger partial charge >= 0.3 is 0 Å². The second kappa shape index (κ2) is 10.3. The summed E-state index contributed by atoms with van der Waals surface area (Å²) >= 11 is 1.75. The van der Waals surface area contributed by atoms with Crippen LogP contribution in [-0.2, 0) is 0 Å². The predicted octanol–water partition coefficient (Wildman–Crippen LogP) is 11.4. The molecule has 6 aromatic carbocycles. The van der Waals surface area contributed by atoms with Gasteiger partial charge in [-0.05, 0) is 75.5 Å². The summed E-state index contributed by atoms with van der Waals surface area (Å²) in [7, 11) is 0. The van der Waals surface area contributed by atoms with Gasteiger partial charge < -0.3 is 4.90 Å². The van der Waals surface area contributed by atoms with E-state index >= 15 is 0 Å². The first-order chi connectivity index (χ1) is 20.8. The van der Waals surface area contributed by atoms with Crippen molar-refractivity contribution in [3.05, 3.63) is 158 Å². The number of anilines is 3. The van der Waals surface area contributed by atoms with Crippen LogP contribution in [0.1, 0.15) is 0 Å². The lowest BCUT2D eigenvalue weighted by atomic mass is 10.0. The average Bonchev–Trinajstić information content (AvgIpc) is 3.45. The highest BCUT2D eigenvalue weighted by molar-refractivity contribution is 7.25. The average molecular weight is 555 g/mol. The van der Waals surface area contributed by atoms with E-state index in [0.29, 0.717) is 0 Å². The van der Waals surface area contributed by atoms with E-state index in [0.717, 1.165) is 21.9 Å².